The average Bonchev–Trinajstić information content (AvgIpc) is 2.90. The van der Waals surface area contributed by atoms with Crippen LogP contribution in [0.1, 0.15) is 36.0 Å². The van der Waals surface area contributed by atoms with Gasteiger partial charge in [0.05, 0.1) is 12.7 Å². The van der Waals surface area contributed by atoms with Crippen LogP contribution in [-0.4, -0.2) is 31.5 Å². The molecule has 1 aliphatic carbocycles. The lowest BCUT2D eigenvalue weighted by Gasteiger charge is -2.22. The van der Waals surface area contributed by atoms with Gasteiger partial charge in [-0.1, -0.05) is 12.8 Å². The molecule has 0 bridgehead atoms. The van der Waals surface area contributed by atoms with Crippen molar-refractivity contribution >= 4 is 11.6 Å². The first-order valence-electron chi connectivity index (χ1n) is 6.80. The molecule has 2 rings (SSSR count). The summed E-state index contributed by atoms with van der Waals surface area (Å²) in [5.41, 5.74) is 6.95. The third-order valence-electron chi connectivity index (χ3n) is 3.84. The molecule has 4 heteroatoms. The monoisotopic (exact) mass is 262 g/mol. The maximum atomic E-state index is 12.4. The highest BCUT2D eigenvalue weighted by Gasteiger charge is 2.21. The van der Waals surface area contributed by atoms with E-state index in [9.17, 15) is 4.79 Å². The lowest BCUT2D eigenvalue weighted by molar-refractivity contribution is 0.0774. The van der Waals surface area contributed by atoms with E-state index < -0.39 is 0 Å². The number of amides is 1. The summed E-state index contributed by atoms with van der Waals surface area (Å²) in [4.78, 5) is 14.1. The first-order chi connectivity index (χ1) is 9.11. The molecule has 0 aromatic heterocycles. The zero-order chi connectivity index (χ0) is 13.8. The van der Waals surface area contributed by atoms with E-state index in [1.807, 2.05) is 7.05 Å². The summed E-state index contributed by atoms with van der Waals surface area (Å²) in [7, 11) is 3.44. The molecule has 4 nitrogen and oxygen atoms in total. The molecule has 1 aromatic carbocycles. The fourth-order valence-electron chi connectivity index (χ4n) is 2.73. The van der Waals surface area contributed by atoms with Gasteiger partial charge in [0.15, 0.2) is 0 Å². The number of methoxy groups -OCH3 is 1. The summed E-state index contributed by atoms with van der Waals surface area (Å²) in [5, 5.41) is 0. The second-order valence-corrected chi connectivity index (χ2v) is 5.29. The van der Waals surface area contributed by atoms with Crippen LogP contribution in [-0.2, 0) is 0 Å². The maximum absolute atomic E-state index is 12.4. The first-order valence-corrected chi connectivity index (χ1v) is 6.80. The molecule has 1 amide bonds. The minimum Gasteiger partial charge on any atom is -0.497 e. The number of nitrogens with two attached hydrogens (primary N) is 1. The summed E-state index contributed by atoms with van der Waals surface area (Å²) in [6.45, 7) is 0.824. The fourth-order valence-corrected chi connectivity index (χ4v) is 2.73. The number of carbonyl (C=O) groups excluding carboxylic acids is 1. The van der Waals surface area contributed by atoms with Crippen LogP contribution in [0.2, 0.25) is 0 Å². The van der Waals surface area contributed by atoms with Crippen LogP contribution in [0.4, 0.5) is 5.69 Å². The van der Waals surface area contributed by atoms with Crippen molar-refractivity contribution in [3.63, 3.8) is 0 Å². The predicted molar refractivity (Wildman–Crippen MR) is 76.3 cm³/mol. The molecule has 0 aliphatic heterocycles. The zero-order valence-corrected chi connectivity index (χ0v) is 11.7. The highest BCUT2D eigenvalue weighted by Crippen LogP contribution is 2.26. The van der Waals surface area contributed by atoms with Gasteiger partial charge in [0.2, 0.25) is 0 Å². The molecule has 2 N–H and O–H groups in total. The molecule has 0 heterocycles. The number of ether oxygens (including phenoxy) is 1. The zero-order valence-electron chi connectivity index (χ0n) is 11.7. The average molecular weight is 262 g/mol. The summed E-state index contributed by atoms with van der Waals surface area (Å²) >= 11 is 0. The molecular weight excluding hydrogens is 240 g/mol. The smallest absolute Gasteiger partial charge is 0.255 e. The van der Waals surface area contributed by atoms with Crippen LogP contribution in [0.5, 0.6) is 5.75 Å². The second-order valence-electron chi connectivity index (χ2n) is 5.29. The predicted octanol–water partition coefficient (Wildman–Crippen LogP) is 2.54. The number of hydrogen-bond acceptors (Lipinski definition) is 3. The van der Waals surface area contributed by atoms with Gasteiger partial charge in [-0.3, -0.25) is 4.79 Å². The number of hydrogen-bond donors (Lipinski definition) is 1. The Kier molecular flexibility index (Phi) is 4.30. The highest BCUT2D eigenvalue weighted by atomic mass is 16.5. The van der Waals surface area contributed by atoms with E-state index in [1.165, 1.54) is 25.7 Å². The molecule has 19 heavy (non-hydrogen) atoms. The number of nitrogen functional groups attached to an aromatic ring is 1. The van der Waals surface area contributed by atoms with Crippen molar-refractivity contribution in [1.82, 2.24) is 4.90 Å². The van der Waals surface area contributed by atoms with Crippen LogP contribution in [0.15, 0.2) is 18.2 Å². The second kappa shape index (κ2) is 5.95. The van der Waals surface area contributed by atoms with Crippen molar-refractivity contribution < 1.29 is 9.53 Å². The van der Waals surface area contributed by atoms with E-state index in [0.29, 0.717) is 22.9 Å². The van der Waals surface area contributed by atoms with Crippen LogP contribution in [0, 0.1) is 5.92 Å². The molecule has 1 aromatic rings. The van der Waals surface area contributed by atoms with Gasteiger partial charge in [-0.15, -0.1) is 0 Å². The van der Waals surface area contributed by atoms with Gasteiger partial charge >= 0.3 is 0 Å². The van der Waals surface area contributed by atoms with Gasteiger partial charge in [-0.25, -0.2) is 0 Å². The van der Waals surface area contributed by atoms with Crippen molar-refractivity contribution in [3.05, 3.63) is 23.8 Å². The normalized spacial score (nSPS) is 15.5. The molecule has 0 spiro atoms. The van der Waals surface area contributed by atoms with Gasteiger partial charge in [0, 0.05) is 25.3 Å². The van der Waals surface area contributed by atoms with Crippen molar-refractivity contribution in [2.45, 2.75) is 25.7 Å². The van der Waals surface area contributed by atoms with E-state index in [-0.39, 0.29) is 5.91 Å². The van der Waals surface area contributed by atoms with E-state index in [0.717, 1.165) is 6.54 Å². The van der Waals surface area contributed by atoms with E-state index in [2.05, 4.69) is 0 Å². The summed E-state index contributed by atoms with van der Waals surface area (Å²) in [6.07, 6.45) is 5.04. The van der Waals surface area contributed by atoms with Gasteiger partial charge in [-0.2, -0.15) is 0 Å². The number of nitrogens with zero attached hydrogens (tertiary/aromatic N) is 1. The van der Waals surface area contributed by atoms with Crippen LogP contribution in [0.3, 0.4) is 0 Å². The summed E-state index contributed by atoms with van der Waals surface area (Å²) in [5.74, 6) is 1.31. The third-order valence-corrected chi connectivity index (χ3v) is 3.84. The quantitative estimate of drug-likeness (QED) is 0.848. The molecule has 0 unspecified atom stereocenters. The van der Waals surface area contributed by atoms with Gasteiger partial charge in [0.1, 0.15) is 5.75 Å². The highest BCUT2D eigenvalue weighted by molar-refractivity contribution is 5.99. The molecule has 1 fully saturated rings. The van der Waals surface area contributed by atoms with Crippen molar-refractivity contribution in [1.29, 1.82) is 0 Å². The first kappa shape index (κ1) is 13.7. The van der Waals surface area contributed by atoms with Crippen molar-refractivity contribution in [2.75, 3.05) is 26.4 Å². The minimum atomic E-state index is -0.00736. The Balaban J connectivity index is 2.05. The third kappa shape index (κ3) is 3.19. The van der Waals surface area contributed by atoms with Crippen LogP contribution in [0.25, 0.3) is 0 Å². The molecule has 104 valence electrons. The molecule has 0 atom stereocenters. The lowest BCUT2D eigenvalue weighted by Crippen LogP contribution is -2.31. The topological polar surface area (TPSA) is 55.6 Å². The van der Waals surface area contributed by atoms with E-state index in [1.54, 1.807) is 30.2 Å². The number of rotatable bonds is 4. The summed E-state index contributed by atoms with van der Waals surface area (Å²) in [6, 6.07) is 5.20. The Labute approximate surface area is 114 Å². The van der Waals surface area contributed by atoms with Crippen LogP contribution >= 0.6 is 0 Å². The minimum absolute atomic E-state index is 0.00736. The summed E-state index contributed by atoms with van der Waals surface area (Å²) < 4.78 is 5.09. The molecule has 1 saturated carbocycles. The number of benzene rings is 1. The Morgan fingerprint density at radius 3 is 2.68 bits per heavy atom. The molecular formula is C15H22N2O2. The molecule has 0 radical (unpaired) electrons. The fraction of sp³-hybridized carbons (Fsp3) is 0.533. The van der Waals surface area contributed by atoms with Gasteiger partial charge in [0.25, 0.3) is 5.91 Å². The Bertz CT molecular complexity index is 453. The van der Waals surface area contributed by atoms with E-state index in [4.69, 9.17) is 10.5 Å². The Morgan fingerprint density at radius 2 is 2.11 bits per heavy atom. The number of carbonyl (C=O) groups is 1. The van der Waals surface area contributed by atoms with Gasteiger partial charge in [-0.05, 0) is 30.9 Å². The Morgan fingerprint density at radius 1 is 1.42 bits per heavy atom. The van der Waals surface area contributed by atoms with Crippen LogP contribution < -0.4 is 10.5 Å². The van der Waals surface area contributed by atoms with E-state index >= 15 is 0 Å². The maximum Gasteiger partial charge on any atom is 0.255 e. The standard InChI is InChI=1S/C15H22N2O2/c1-17(10-11-5-3-4-6-11)15(18)13-8-7-12(19-2)9-14(13)16/h7-9,11H,3-6,10,16H2,1-2H3. The molecule has 1 aliphatic rings. The Hall–Kier alpha value is -1.71. The van der Waals surface area contributed by atoms with Crippen molar-refractivity contribution in [3.8, 4) is 5.75 Å². The largest absolute Gasteiger partial charge is 0.497 e. The molecule has 0 saturated heterocycles. The lowest BCUT2D eigenvalue weighted by atomic mass is 10.1. The number of anilines is 1. The van der Waals surface area contributed by atoms with Crippen molar-refractivity contribution in [2.24, 2.45) is 5.92 Å². The SMILES string of the molecule is COc1ccc(C(=O)N(C)CC2CCCC2)c(N)c1. The van der Waals surface area contributed by atoms with Gasteiger partial charge < -0.3 is 15.4 Å².